The van der Waals surface area contributed by atoms with Crippen LogP contribution in [0.15, 0.2) is 0 Å². The van der Waals surface area contributed by atoms with Crippen LogP contribution in [0.3, 0.4) is 0 Å². The van der Waals surface area contributed by atoms with E-state index in [0.29, 0.717) is 6.42 Å². The first-order chi connectivity index (χ1) is 5.02. The molecule has 1 amide bonds. The van der Waals surface area contributed by atoms with Gasteiger partial charge in [-0.2, -0.15) is 0 Å². The molecule has 1 unspecified atom stereocenters. The zero-order chi connectivity index (χ0) is 8.85. The SMILES string of the molecule is CC(CCC(=O)O)CC(N)=O. The molecule has 0 aromatic heterocycles. The van der Waals surface area contributed by atoms with Crippen LogP contribution in [-0.2, 0) is 9.59 Å². The van der Waals surface area contributed by atoms with Gasteiger partial charge in [-0.15, -0.1) is 0 Å². The highest BCUT2D eigenvalue weighted by atomic mass is 16.4. The monoisotopic (exact) mass is 159 g/mol. The van der Waals surface area contributed by atoms with Crippen LogP contribution >= 0.6 is 0 Å². The van der Waals surface area contributed by atoms with Crippen LogP contribution in [-0.4, -0.2) is 17.0 Å². The van der Waals surface area contributed by atoms with E-state index in [2.05, 4.69) is 0 Å². The maximum atomic E-state index is 10.3. The number of amides is 1. The Hall–Kier alpha value is -1.06. The predicted octanol–water partition coefficient (Wildman–Crippen LogP) is 0.363. The summed E-state index contributed by atoms with van der Waals surface area (Å²) in [7, 11) is 0. The van der Waals surface area contributed by atoms with Crippen LogP contribution in [0.4, 0.5) is 0 Å². The van der Waals surface area contributed by atoms with Gasteiger partial charge in [0.2, 0.25) is 5.91 Å². The van der Waals surface area contributed by atoms with E-state index < -0.39 is 5.97 Å². The Morgan fingerprint density at radius 2 is 2.09 bits per heavy atom. The standard InChI is InChI=1S/C7H13NO3/c1-5(4-6(8)9)2-3-7(10)11/h5H,2-4H2,1H3,(H2,8,9)(H,10,11). The zero-order valence-corrected chi connectivity index (χ0v) is 6.54. The summed E-state index contributed by atoms with van der Waals surface area (Å²) in [6, 6.07) is 0. The molecule has 0 heterocycles. The lowest BCUT2D eigenvalue weighted by Gasteiger charge is -2.05. The Kier molecular flexibility index (Phi) is 4.26. The molecule has 0 aliphatic heterocycles. The molecule has 0 fully saturated rings. The minimum atomic E-state index is -0.832. The molecule has 11 heavy (non-hydrogen) atoms. The fraction of sp³-hybridized carbons (Fsp3) is 0.714. The van der Waals surface area contributed by atoms with E-state index in [1.54, 1.807) is 0 Å². The molecule has 0 saturated carbocycles. The van der Waals surface area contributed by atoms with Gasteiger partial charge in [-0.3, -0.25) is 9.59 Å². The fourth-order valence-electron chi connectivity index (χ4n) is 0.815. The second-order valence-electron chi connectivity index (χ2n) is 2.71. The van der Waals surface area contributed by atoms with Gasteiger partial charge in [-0.25, -0.2) is 0 Å². The highest BCUT2D eigenvalue weighted by Crippen LogP contribution is 2.08. The van der Waals surface area contributed by atoms with Crippen molar-refractivity contribution < 1.29 is 14.7 Å². The van der Waals surface area contributed by atoms with E-state index in [9.17, 15) is 9.59 Å². The van der Waals surface area contributed by atoms with Crippen LogP contribution in [0.2, 0.25) is 0 Å². The van der Waals surface area contributed by atoms with Gasteiger partial charge in [0.1, 0.15) is 0 Å². The van der Waals surface area contributed by atoms with E-state index in [-0.39, 0.29) is 24.7 Å². The van der Waals surface area contributed by atoms with Crippen LogP contribution in [0.5, 0.6) is 0 Å². The Morgan fingerprint density at radius 3 is 2.45 bits per heavy atom. The lowest BCUT2D eigenvalue weighted by Crippen LogP contribution is -2.15. The first-order valence-corrected chi connectivity index (χ1v) is 3.52. The predicted molar refractivity (Wildman–Crippen MR) is 39.8 cm³/mol. The smallest absolute Gasteiger partial charge is 0.303 e. The minimum Gasteiger partial charge on any atom is -0.481 e. The normalized spacial score (nSPS) is 12.5. The highest BCUT2D eigenvalue weighted by molar-refractivity contribution is 5.74. The number of hydrogen-bond donors (Lipinski definition) is 2. The van der Waals surface area contributed by atoms with Crippen LogP contribution in [0.1, 0.15) is 26.2 Å². The van der Waals surface area contributed by atoms with E-state index in [4.69, 9.17) is 10.8 Å². The molecule has 4 heteroatoms. The van der Waals surface area contributed by atoms with Gasteiger partial charge in [0, 0.05) is 12.8 Å². The van der Waals surface area contributed by atoms with Gasteiger partial charge in [-0.1, -0.05) is 6.92 Å². The van der Waals surface area contributed by atoms with Crippen LogP contribution in [0, 0.1) is 5.92 Å². The molecule has 0 aliphatic carbocycles. The molecule has 64 valence electrons. The van der Waals surface area contributed by atoms with Crippen molar-refractivity contribution in [3.8, 4) is 0 Å². The number of primary amides is 1. The Labute approximate surface area is 65.4 Å². The summed E-state index contributed by atoms with van der Waals surface area (Å²) in [4.78, 5) is 20.4. The van der Waals surface area contributed by atoms with Gasteiger partial charge in [0.05, 0.1) is 0 Å². The number of carboxylic acid groups (broad SMARTS) is 1. The summed E-state index contributed by atoms with van der Waals surface area (Å²) in [6.07, 6.45) is 0.889. The summed E-state index contributed by atoms with van der Waals surface area (Å²) in [5.41, 5.74) is 4.91. The highest BCUT2D eigenvalue weighted by Gasteiger charge is 2.07. The van der Waals surface area contributed by atoms with E-state index >= 15 is 0 Å². The largest absolute Gasteiger partial charge is 0.481 e. The van der Waals surface area contributed by atoms with Crippen molar-refractivity contribution in [1.29, 1.82) is 0 Å². The summed E-state index contributed by atoms with van der Waals surface area (Å²) in [6.45, 7) is 1.81. The first-order valence-electron chi connectivity index (χ1n) is 3.52. The summed E-state index contributed by atoms with van der Waals surface area (Å²) >= 11 is 0. The molecule has 0 aromatic rings. The lowest BCUT2D eigenvalue weighted by molar-refractivity contribution is -0.137. The fourth-order valence-corrected chi connectivity index (χ4v) is 0.815. The van der Waals surface area contributed by atoms with Crippen molar-refractivity contribution in [2.24, 2.45) is 11.7 Å². The molecule has 0 aromatic carbocycles. The molecule has 0 bridgehead atoms. The lowest BCUT2D eigenvalue weighted by atomic mass is 10.0. The first kappa shape index (κ1) is 9.94. The second-order valence-corrected chi connectivity index (χ2v) is 2.71. The third kappa shape index (κ3) is 6.83. The zero-order valence-electron chi connectivity index (χ0n) is 6.54. The van der Waals surface area contributed by atoms with Crippen molar-refractivity contribution in [1.82, 2.24) is 0 Å². The van der Waals surface area contributed by atoms with Crippen molar-refractivity contribution >= 4 is 11.9 Å². The van der Waals surface area contributed by atoms with Crippen LogP contribution < -0.4 is 5.73 Å². The van der Waals surface area contributed by atoms with E-state index in [1.807, 2.05) is 6.92 Å². The summed E-state index contributed by atoms with van der Waals surface area (Å²) in [5.74, 6) is -1.13. The molecule has 0 aliphatic rings. The average molecular weight is 159 g/mol. The number of carboxylic acids is 1. The van der Waals surface area contributed by atoms with Crippen molar-refractivity contribution in [3.63, 3.8) is 0 Å². The quantitative estimate of drug-likeness (QED) is 0.607. The second kappa shape index (κ2) is 4.71. The van der Waals surface area contributed by atoms with E-state index in [0.717, 1.165) is 0 Å². The Morgan fingerprint density at radius 1 is 1.55 bits per heavy atom. The third-order valence-electron chi connectivity index (χ3n) is 1.40. The maximum Gasteiger partial charge on any atom is 0.303 e. The maximum absolute atomic E-state index is 10.3. The molecule has 4 nitrogen and oxygen atoms in total. The number of hydrogen-bond acceptors (Lipinski definition) is 2. The van der Waals surface area contributed by atoms with Gasteiger partial charge >= 0.3 is 5.97 Å². The van der Waals surface area contributed by atoms with Gasteiger partial charge in [0.15, 0.2) is 0 Å². The number of carbonyl (C=O) groups is 2. The summed E-state index contributed by atoms with van der Waals surface area (Å²) < 4.78 is 0. The van der Waals surface area contributed by atoms with Crippen molar-refractivity contribution in [3.05, 3.63) is 0 Å². The number of carbonyl (C=O) groups excluding carboxylic acids is 1. The average Bonchev–Trinajstić information content (AvgIpc) is 1.82. The molecular formula is C7H13NO3. The Bertz CT molecular complexity index is 156. The van der Waals surface area contributed by atoms with Gasteiger partial charge in [-0.05, 0) is 12.3 Å². The summed E-state index contributed by atoms with van der Waals surface area (Å²) in [5, 5.41) is 8.28. The molecule has 1 atom stereocenters. The van der Waals surface area contributed by atoms with Gasteiger partial charge in [0.25, 0.3) is 0 Å². The molecular weight excluding hydrogens is 146 g/mol. The number of nitrogens with two attached hydrogens (primary N) is 1. The number of aliphatic carboxylic acids is 1. The van der Waals surface area contributed by atoms with Crippen molar-refractivity contribution in [2.75, 3.05) is 0 Å². The Balaban J connectivity index is 3.44. The molecule has 3 N–H and O–H groups in total. The molecule has 0 rings (SSSR count). The topological polar surface area (TPSA) is 80.4 Å². The number of rotatable bonds is 5. The van der Waals surface area contributed by atoms with Crippen LogP contribution in [0.25, 0.3) is 0 Å². The third-order valence-corrected chi connectivity index (χ3v) is 1.40. The molecule has 0 radical (unpaired) electrons. The molecule has 0 saturated heterocycles. The molecule has 0 spiro atoms. The van der Waals surface area contributed by atoms with E-state index in [1.165, 1.54) is 0 Å². The minimum absolute atomic E-state index is 0.0728. The van der Waals surface area contributed by atoms with Crippen molar-refractivity contribution in [2.45, 2.75) is 26.2 Å². The van der Waals surface area contributed by atoms with Gasteiger partial charge < -0.3 is 10.8 Å².